The Kier molecular flexibility index (Phi) is 3.96. The predicted octanol–water partition coefficient (Wildman–Crippen LogP) is -1.51. The van der Waals surface area contributed by atoms with Crippen molar-refractivity contribution in [2.24, 2.45) is 0 Å². The molecule has 0 aromatic carbocycles. The highest BCUT2D eigenvalue weighted by molar-refractivity contribution is 7.91. The summed E-state index contributed by atoms with van der Waals surface area (Å²) in [4.78, 5) is 22.5. The zero-order valence-corrected chi connectivity index (χ0v) is 10.9. The average Bonchev–Trinajstić information content (AvgIpc) is 2.30. The maximum Gasteiger partial charge on any atom is 0.264 e. The van der Waals surface area contributed by atoms with Gasteiger partial charge in [0.15, 0.2) is 15.7 Å². The molecule has 0 radical (unpaired) electrons. The lowest BCUT2D eigenvalue weighted by molar-refractivity contribution is -0.116. The van der Waals surface area contributed by atoms with E-state index in [1.807, 2.05) is 0 Å². The van der Waals surface area contributed by atoms with Gasteiger partial charge in [0.05, 0.1) is 11.5 Å². The Labute approximate surface area is 109 Å². The minimum absolute atomic E-state index is 0.0417. The summed E-state index contributed by atoms with van der Waals surface area (Å²) in [6, 6.07) is 2.23. The highest BCUT2D eigenvalue weighted by atomic mass is 32.2. The van der Waals surface area contributed by atoms with E-state index in [0.29, 0.717) is 6.54 Å². The number of hydrogen-bond acceptors (Lipinski definition) is 6. The fourth-order valence-electron chi connectivity index (χ4n) is 1.83. The molecule has 0 bridgehead atoms. The van der Waals surface area contributed by atoms with Crippen LogP contribution in [0.2, 0.25) is 0 Å². The lowest BCUT2D eigenvalue weighted by Gasteiger charge is -2.22. The van der Waals surface area contributed by atoms with Crippen LogP contribution in [0, 0.1) is 0 Å². The van der Waals surface area contributed by atoms with Gasteiger partial charge in [-0.3, -0.25) is 9.59 Å². The molecule has 2 heterocycles. The van der Waals surface area contributed by atoms with Crippen LogP contribution < -0.4 is 16.2 Å². The summed E-state index contributed by atoms with van der Waals surface area (Å²) < 4.78 is 22.8. The molecule has 1 aliphatic rings. The van der Waals surface area contributed by atoms with Gasteiger partial charge in [0.25, 0.3) is 5.56 Å². The number of nitrogens with one attached hydrogen (secondary N) is 3. The lowest BCUT2D eigenvalue weighted by atomic mass is 10.2. The Morgan fingerprint density at radius 3 is 2.89 bits per heavy atom. The molecule has 1 saturated heterocycles. The number of carbonyl (C=O) groups is 1. The zero-order chi connectivity index (χ0) is 13.9. The minimum Gasteiger partial charge on any atom is -0.311 e. The molecule has 3 N–H and O–H groups in total. The number of H-pyrrole nitrogens is 1. The van der Waals surface area contributed by atoms with Crippen molar-refractivity contribution in [2.45, 2.75) is 12.5 Å². The molecule has 1 atom stereocenters. The second kappa shape index (κ2) is 5.49. The smallest absolute Gasteiger partial charge is 0.264 e. The van der Waals surface area contributed by atoms with E-state index >= 15 is 0 Å². The second-order valence-corrected chi connectivity index (χ2v) is 6.55. The molecule has 2 rings (SSSR count). The largest absolute Gasteiger partial charge is 0.311 e. The van der Waals surface area contributed by atoms with Crippen LogP contribution in [0.25, 0.3) is 0 Å². The summed E-state index contributed by atoms with van der Waals surface area (Å²) >= 11 is 0. The summed E-state index contributed by atoms with van der Waals surface area (Å²) in [6.07, 6.45) is 0.0417. The van der Waals surface area contributed by atoms with E-state index in [4.69, 9.17) is 0 Å². The molecule has 9 heteroatoms. The monoisotopic (exact) mass is 286 g/mol. The molecule has 1 aromatic heterocycles. The van der Waals surface area contributed by atoms with Gasteiger partial charge in [0.2, 0.25) is 5.91 Å². The third kappa shape index (κ3) is 4.14. The number of sulfone groups is 1. The van der Waals surface area contributed by atoms with Crippen LogP contribution in [0.3, 0.4) is 0 Å². The number of nitrogens with zero attached hydrogens (tertiary/aromatic N) is 1. The van der Waals surface area contributed by atoms with Gasteiger partial charge in [0.1, 0.15) is 0 Å². The van der Waals surface area contributed by atoms with Gasteiger partial charge in [-0.1, -0.05) is 0 Å². The second-order valence-electron chi connectivity index (χ2n) is 4.32. The number of anilines is 1. The van der Waals surface area contributed by atoms with E-state index < -0.39 is 9.84 Å². The van der Waals surface area contributed by atoms with E-state index in [2.05, 4.69) is 20.8 Å². The Balaban J connectivity index is 1.91. The number of aromatic amines is 1. The molecule has 1 unspecified atom stereocenters. The molecule has 19 heavy (non-hydrogen) atoms. The van der Waals surface area contributed by atoms with Crippen LogP contribution in [-0.2, 0) is 14.6 Å². The van der Waals surface area contributed by atoms with E-state index in [1.54, 1.807) is 0 Å². The summed E-state index contributed by atoms with van der Waals surface area (Å²) in [5.41, 5.74) is -0.363. The molecule has 1 amide bonds. The van der Waals surface area contributed by atoms with Crippen molar-refractivity contribution in [1.82, 2.24) is 15.5 Å². The maximum absolute atomic E-state index is 11.7. The number of aromatic nitrogens is 2. The summed E-state index contributed by atoms with van der Waals surface area (Å²) in [5, 5.41) is 11.3. The Bertz CT molecular complexity index is 604. The fraction of sp³-hybridized carbons (Fsp3) is 0.500. The van der Waals surface area contributed by atoms with Crippen molar-refractivity contribution in [1.29, 1.82) is 0 Å². The molecule has 0 saturated carbocycles. The van der Waals surface area contributed by atoms with Crippen molar-refractivity contribution in [3.63, 3.8) is 0 Å². The quantitative estimate of drug-likeness (QED) is 0.621. The summed E-state index contributed by atoms with van der Waals surface area (Å²) in [7, 11) is -3.06. The average molecular weight is 286 g/mol. The topological polar surface area (TPSA) is 121 Å². The van der Waals surface area contributed by atoms with Gasteiger partial charge >= 0.3 is 0 Å². The fourth-order valence-corrected chi connectivity index (χ4v) is 3.27. The first-order chi connectivity index (χ1) is 8.94. The van der Waals surface area contributed by atoms with E-state index in [1.165, 1.54) is 12.1 Å². The van der Waals surface area contributed by atoms with Crippen LogP contribution >= 0.6 is 0 Å². The van der Waals surface area contributed by atoms with Crippen molar-refractivity contribution in [3.05, 3.63) is 22.5 Å². The molecular formula is C10H14N4O4S. The van der Waals surface area contributed by atoms with Crippen LogP contribution in [0.1, 0.15) is 6.42 Å². The Hall–Kier alpha value is -1.74. The van der Waals surface area contributed by atoms with E-state index in [9.17, 15) is 18.0 Å². The summed E-state index contributed by atoms with van der Waals surface area (Å²) in [5.74, 6) is -0.0658. The van der Waals surface area contributed by atoms with Crippen molar-refractivity contribution < 1.29 is 13.2 Å². The molecule has 1 aromatic rings. The first-order valence-electron chi connectivity index (χ1n) is 5.74. The van der Waals surface area contributed by atoms with Gasteiger partial charge < -0.3 is 10.6 Å². The number of carbonyl (C=O) groups excluding carboxylic acids is 1. The standard InChI is InChI=1S/C10H14N4O4S/c15-9-2-1-8(13-14-9)12-10(16)5-7-6-19(17,18)4-3-11-7/h1-2,7,11H,3-6H2,(H,14,15)(H,12,13,16). The molecule has 104 valence electrons. The highest BCUT2D eigenvalue weighted by Gasteiger charge is 2.25. The summed E-state index contributed by atoms with van der Waals surface area (Å²) in [6.45, 7) is 0.358. The van der Waals surface area contributed by atoms with Gasteiger partial charge in [0, 0.05) is 25.1 Å². The van der Waals surface area contributed by atoms with Gasteiger partial charge in [-0.15, -0.1) is 0 Å². The Morgan fingerprint density at radius 1 is 1.47 bits per heavy atom. The van der Waals surface area contributed by atoms with Gasteiger partial charge in [-0.2, -0.15) is 5.10 Å². The number of rotatable bonds is 3. The number of amides is 1. The Morgan fingerprint density at radius 2 is 2.26 bits per heavy atom. The van der Waals surface area contributed by atoms with Crippen LogP contribution in [0.5, 0.6) is 0 Å². The van der Waals surface area contributed by atoms with Crippen LogP contribution in [0.15, 0.2) is 16.9 Å². The first-order valence-corrected chi connectivity index (χ1v) is 7.56. The highest BCUT2D eigenvalue weighted by Crippen LogP contribution is 2.06. The van der Waals surface area contributed by atoms with Gasteiger partial charge in [-0.25, -0.2) is 13.5 Å². The van der Waals surface area contributed by atoms with E-state index in [-0.39, 0.29) is 41.3 Å². The van der Waals surface area contributed by atoms with Crippen LogP contribution in [-0.4, -0.2) is 48.6 Å². The maximum atomic E-state index is 11.7. The van der Waals surface area contributed by atoms with Crippen LogP contribution in [0.4, 0.5) is 5.82 Å². The lowest BCUT2D eigenvalue weighted by Crippen LogP contribution is -2.46. The molecular weight excluding hydrogens is 272 g/mol. The van der Waals surface area contributed by atoms with Crippen molar-refractivity contribution >= 4 is 21.6 Å². The zero-order valence-electron chi connectivity index (χ0n) is 10.0. The normalized spacial score (nSPS) is 21.8. The molecule has 1 fully saturated rings. The third-order valence-electron chi connectivity index (χ3n) is 2.68. The van der Waals surface area contributed by atoms with E-state index in [0.717, 1.165) is 0 Å². The van der Waals surface area contributed by atoms with Crippen molar-refractivity contribution in [2.75, 3.05) is 23.4 Å². The molecule has 0 spiro atoms. The molecule has 8 nitrogen and oxygen atoms in total. The predicted molar refractivity (Wildman–Crippen MR) is 68.5 cm³/mol. The minimum atomic E-state index is -3.06. The van der Waals surface area contributed by atoms with Crippen molar-refractivity contribution in [3.8, 4) is 0 Å². The first kappa shape index (κ1) is 13.7. The SMILES string of the molecule is O=C(CC1CS(=O)(=O)CCN1)Nc1ccc(=O)[nH]n1. The molecule has 0 aliphatic carbocycles. The number of hydrogen-bond donors (Lipinski definition) is 3. The third-order valence-corrected chi connectivity index (χ3v) is 4.42. The van der Waals surface area contributed by atoms with Gasteiger partial charge in [-0.05, 0) is 6.07 Å². The molecule has 1 aliphatic heterocycles.